The Kier molecular flexibility index (Phi) is 4.31. The van der Waals surface area contributed by atoms with Crippen LogP contribution in [0.1, 0.15) is 99.8 Å². The molecule has 6 rings (SSSR count). The van der Waals surface area contributed by atoms with E-state index >= 15 is 0 Å². The smallest absolute Gasteiger partial charge is 0.312 e. The SMILES string of the molecule is CC1(C)C[C@H]2[C@H]3C=C[C@@H]4[C@@]5(C)CC[C@H](O)C(C)(C)[C@@H]5CC[C@@]4(C)[C@]3(C)CC[C@@]23C[C@@H]1OC3=O. The lowest BCUT2D eigenvalue weighted by Gasteiger charge is -2.71. The predicted octanol–water partition coefficient (Wildman–Crippen LogP) is 6.54. The number of carbonyl (C=O) groups excluding carboxylic acids is 1. The molecule has 1 aliphatic heterocycles. The van der Waals surface area contributed by atoms with E-state index in [9.17, 15) is 9.90 Å². The van der Waals surface area contributed by atoms with Crippen molar-refractivity contribution in [2.75, 3.05) is 0 Å². The van der Waals surface area contributed by atoms with Crippen molar-refractivity contribution >= 4 is 5.97 Å². The van der Waals surface area contributed by atoms with Crippen molar-refractivity contribution in [2.24, 2.45) is 56.2 Å². The first-order chi connectivity index (χ1) is 15.2. The number of rotatable bonds is 0. The van der Waals surface area contributed by atoms with Gasteiger partial charge in [-0.05, 0) is 90.3 Å². The number of aliphatic hydroxyl groups excluding tert-OH is 1. The first-order valence-electron chi connectivity index (χ1n) is 13.8. The quantitative estimate of drug-likeness (QED) is 0.334. The lowest BCUT2D eigenvalue weighted by atomic mass is 9.33. The highest BCUT2D eigenvalue weighted by atomic mass is 16.6. The molecule has 1 spiro atoms. The summed E-state index contributed by atoms with van der Waals surface area (Å²) in [6.07, 6.45) is 13.8. The molecule has 0 amide bonds. The van der Waals surface area contributed by atoms with E-state index in [4.69, 9.17) is 4.74 Å². The zero-order valence-corrected chi connectivity index (χ0v) is 22.0. The standard InChI is InChI=1S/C30H46O3/c1-25(2)16-19-18-8-9-21-27(5)12-11-22(31)26(3,4)20(27)10-13-29(21,7)28(18,6)14-15-30(19)17-23(25)33-24(30)32/h8-9,18-23,31H,10-17H2,1-7H3/t18-,19+,20+,21-,22+,23+,27+,28-,29-,30-/m1/s1. The monoisotopic (exact) mass is 454 g/mol. The minimum absolute atomic E-state index is 0.0213. The Morgan fingerprint density at radius 2 is 1.61 bits per heavy atom. The molecule has 3 heteroatoms. The van der Waals surface area contributed by atoms with Gasteiger partial charge in [0.25, 0.3) is 0 Å². The third-order valence-corrected chi connectivity index (χ3v) is 13.5. The molecule has 1 saturated heterocycles. The van der Waals surface area contributed by atoms with Crippen LogP contribution in [-0.2, 0) is 9.53 Å². The van der Waals surface area contributed by atoms with Crippen molar-refractivity contribution in [2.45, 2.75) is 112 Å². The van der Waals surface area contributed by atoms with Crippen molar-refractivity contribution in [1.29, 1.82) is 0 Å². The molecule has 1 heterocycles. The number of fused-ring (bicyclic) bond motifs is 7. The minimum atomic E-state index is -0.240. The first kappa shape index (κ1) is 22.6. The topological polar surface area (TPSA) is 46.5 Å². The van der Waals surface area contributed by atoms with E-state index in [2.05, 4.69) is 60.6 Å². The van der Waals surface area contributed by atoms with Gasteiger partial charge in [-0.25, -0.2) is 0 Å². The lowest BCUT2D eigenvalue weighted by molar-refractivity contribution is -0.215. The predicted molar refractivity (Wildman–Crippen MR) is 130 cm³/mol. The van der Waals surface area contributed by atoms with Gasteiger partial charge < -0.3 is 9.84 Å². The minimum Gasteiger partial charge on any atom is -0.461 e. The van der Waals surface area contributed by atoms with E-state index < -0.39 is 0 Å². The van der Waals surface area contributed by atoms with Gasteiger partial charge in [0.05, 0.1) is 11.5 Å². The van der Waals surface area contributed by atoms with Gasteiger partial charge in [0.2, 0.25) is 0 Å². The van der Waals surface area contributed by atoms with Gasteiger partial charge >= 0.3 is 5.97 Å². The number of hydrogen-bond donors (Lipinski definition) is 1. The second kappa shape index (κ2) is 6.29. The van der Waals surface area contributed by atoms with Crippen LogP contribution in [0.2, 0.25) is 0 Å². The number of esters is 1. The molecule has 2 bridgehead atoms. The van der Waals surface area contributed by atoms with Gasteiger partial charge in [-0.15, -0.1) is 0 Å². The van der Waals surface area contributed by atoms with Gasteiger partial charge in [-0.2, -0.15) is 0 Å². The highest BCUT2D eigenvalue weighted by Crippen LogP contribution is 2.76. The summed E-state index contributed by atoms with van der Waals surface area (Å²) in [5.74, 6) is 2.09. The van der Waals surface area contributed by atoms with E-state index in [1.807, 2.05) is 0 Å². The second-order valence-electron chi connectivity index (χ2n) is 15.2. The molecular formula is C30H46O3. The molecule has 0 aromatic carbocycles. The summed E-state index contributed by atoms with van der Waals surface area (Å²) in [5, 5.41) is 10.9. The van der Waals surface area contributed by atoms with Crippen LogP contribution in [0.15, 0.2) is 12.2 Å². The van der Waals surface area contributed by atoms with Gasteiger partial charge in [-0.1, -0.05) is 60.6 Å². The molecule has 33 heavy (non-hydrogen) atoms. The molecule has 5 fully saturated rings. The molecular weight excluding hydrogens is 408 g/mol. The molecule has 0 aromatic heterocycles. The van der Waals surface area contributed by atoms with Crippen molar-refractivity contribution in [1.82, 2.24) is 0 Å². The number of hydrogen-bond acceptors (Lipinski definition) is 3. The Labute approximate surface area is 201 Å². The fourth-order valence-corrected chi connectivity index (χ4v) is 11.1. The van der Waals surface area contributed by atoms with Crippen LogP contribution >= 0.6 is 0 Å². The Balaban J connectivity index is 1.44. The van der Waals surface area contributed by atoms with Gasteiger partial charge in [-0.3, -0.25) is 4.79 Å². The van der Waals surface area contributed by atoms with Crippen molar-refractivity contribution in [3.63, 3.8) is 0 Å². The number of carbonyl (C=O) groups is 1. The molecule has 0 radical (unpaired) electrons. The Hall–Kier alpha value is -0.830. The fourth-order valence-electron chi connectivity index (χ4n) is 11.1. The van der Waals surface area contributed by atoms with Crippen molar-refractivity contribution in [3.05, 3.63) is 12.2 Å². The highest BCUT2D eigenvalue weighted by Gasteiger charge is 2.72. The van der Waals surface area contributed by atoms with Crippen LogP contribution in [0.4, 0.5) is 0 Å². The summed E-state index contributed by atoms with van der Waals surface area (Å²) < 4.78 is 6.04. The Bertz CT molecular complexity index is 918. The van der Waals surface area contributed by atoms with E-state index in [0.29, 0.717) is 23.7 Å². The Morgan fingerprint density at radius 3 is 2.33 bits per heavy atom. The van der Waals surface area contributed by atoms with Crippen LogP contribution in [0.5, 0.6) is 0 Å². The number of ether oxygens (including phenoxy) is 1. The molecule has 10 atom stereocenters. The molecule has 1 N–H and O–H groups in total. The summed E-state index contributed by atoms with van der Waals surface area (Å²) in [7, 11) is 0. The van der Waals surface area contributed by atoms with E-state index in [-0.39, 0.29) is 50.7 Å². The molecule has 0 unspecified atom stereocenters. The molecule has 3 nitrogen and oxygen atoms in total. The maximum atomic E-state index is 13.3. The molecule has 6 aliphatic rings. The largest absolute Gasteiger partial charge is 0.461 e. The Morgan fingerprint density at radius 1 is 0.879 bits per heavy atom. The van der Waals surface area contributed by atoms with Crippen molar-refractivity contribution < 1.29 is 14.6 Å². The molecule has 5 aliphatic carbocycles. The van der Waals surface area contributed by atoms with Crippen LogP contribution < -0.4 is 0 Å². The maximum absolute atomic E-state index is 13.3. The van der Waals surface area contributed by atoms with Gasteiger partial charge in [0.1, 0.15) is 6.10 Å². The third-order valence-electron chi connectivity index (χ3n) is 13.5. The second-order valence-corrected chi connectivity index (χ2v) is 15.2. The van der Waals surface area contributed by atoms with Crippen molar-refractivity contribution in [3.8, 4) is 0 Å². The fraction of sp³-hybridized carbons (Fsp3) is 0.900. The van der Waals surface area contributed by atoms with Crippen LogP contribution in [0.3, 0.4) is 0 Å². The average molecular weight is 455 g/mol. The lowest BCUT2D eigenvalue weighted by Crippen LogP contribution is -2.66. The normalized spacial score (nSPS) is 57.9. The number of aliphatic hydroxyl groups is 1. The zero-order valence-electron chi connectivity index (χ0n) is 22.0. The summed E-state index contributed by atoms with van der Waals surface area (Å²) in [6, 6.07) is 0. The molecule has 184 valence electrons. The summed E-state index contributed by atoms with van der Waals surface area (Å²) in [5.41, 5.74) is 0.488. The van der Waals surface area contributed by atoms with Crippen LogP contribution in [0.25, 0.3) is 0 Å². The highest BCUT2D eigenvalue weighted by molar-refractivity contribution is 5.80. The van der Waals surface area contributed by atoms with E-state index in [1.54, 1.807) is 0 Å². The average Bonchev–Trinajstić information content (AvgIpc) is 3.03. The molecule has 4 saturated carbocycles. The maximum Gasteiger partial charge on any atom is 0.312 e. The van der Waals surface area contributed by atoms with Crippen LogP contribution in [-0.4, -0.2) is 23.3 Å². The summed E-state index contributed by atoms with van der Waals surface area (Å²) in [6.45, 7) is 17.0. The van der Waals surface area contributed by atoms with Gasteiger partial charge in [0, 0.05) is 11.8 Å². The number of allylic oxidation sites excluding steroid dienone is 2. The molecule has 0 aromatic rings. The van der Waals surface area contributed by atoms with Crippen LogP contribution in [0, 0.1) is 56.2 Å². The van der Waals surface area contributed by atoms with E-state index in [0.717, 1.165) is 38.5 Å². The van der Waals surface area contributed by atoms with Gasteiger partial charge in [0.15, 0.2) is 0 Å². The summed E-state index contributed by atoms with van der Waals surface area (Å²) >= 11 is 0. The third kappa shape index (κ3) is 2.44. The summed E-state index contributed by atoms with van der Waals surface area (Å²) in [4.78, 5) is 13.3. The zero-order chi connectivity index (χ0) is 23.8. The van der Waals surface area contributed by atoms with E-state index in [1.165, 1.54) is 12.8 Å². The first-order valence-corrected chi connectivity index (χ1v) is 13.8.